The van der Waals surface area contributed by atoms with Crippen LogP contribution in [-0.4, -0.2) is 27.2 Å². The molecule has 3 rings (SSSR count). The molecule has 220 valence electrons. The third-order valence-electron chi connectivity index (χ3n) is 6.93. The maximum atomic E-state index is 9.75. The van der Waals surface area contributed by atoms with E-state index in [4.69, 9.17) is 14.7 Å². The van der Waals surface area contributed by atoms with E-state index in [1.165, 1.54) is 6.92 Å². The first-order chi connectivity index (χ1) is 17.2. The SMILES string of the molecule is CC#N.CC1C(C)C(C)C(C)C1C.COc1c[c-]c(C(C)=Nc2ccc(OC)cc2)cc1.F[B-](F)(F)F.[CH3-].[Ir+3]. The van der Waals surface area contributed by atoms with Gasteiger partial charge >= 0.3 is 27.4 Å². The Morgan fingerprint density at radius 1 is 0.821 bits per heavy atom. The second kappa shape index (κ2) is 20.5. The number of nitriles is 1. The summed E-state index contributed by atoms with van der Waals surface area (Å²) in [6, 6.07) is 18.2. The van der Waals surface area contributed by atoms with E-state index in [1.807, 2.05) is 49.4 Å². The number of rotatable bonds is 4. The number of hydrogen-bond acceptors (Lipinski definition) is 4. The van der Waals surface area contributed by atoms with Crippen LogP contribution < -0.4 is 9.47 Å². The van der Waals surface area contributed by atoms with Gasteiger partial charge in [-0.1, -0.05) is 41.5 Å². The fourth-order valence-electron chi connectivity index (χ4n) is 4.07. The van der Waals surface area contributed by atoms with E-state index in [0.717, 1.165) is 58.1 Å². The molecule has 0 radical (unpaired) electrons. The fraction of sp³-hybridized carbons (Fsp3) is 0.483. The summed E-state index contributed by atoms with van der Waals surface area (Å²) >= 11 is 0. The van der Waals surface area contributed by atoms with Crippen LogP contribution in [0.2, 0.25) is 0 Å². The maximum Gasteiger partial charge on any atom is 3.00 e. The summed E-state index contributed by atoms with van der Waals surface area (Å²) in [7, 11) is -2.71. The van der Waals surface area contributed by atoms with Gasteiger partial charge in [0.1, 0.15) is 5.75 Å². The molecule has 2 aromatic carbocycles. The van der Waals surface area contributed by atoms with Crippen molar-refractivity contribution < 1.29 is 46.8 Å². The monoisotopic (exact) mass is 730 g/mol. The van der Waals surface area contributed by atoms with Crippen molar-refractivity contribution in [1.29, 1.82) is 5.26 Å². The molecule has 4 nitrogen and oxygen atoms in total. The third-order valence-corrected chi connectivity index (χ3v) is 6.93. The summed E-state index contributed by atoms with van der Waals surface area (Å²) in [6.45, 7) is 15.4. The van der Waals surface area contributed by atoms with Crippen molar-refractivity contribution in [3.05, 3.63) is 61.5 Å². The summed E-state index contributed by atoms with van der Waals surface area (Å²) in [4.78, 5) is 4.55. The Labute approximate surface area is 246 Å². The summed E-state index contributed by atoms with van der Waals surface area (Å²) < 4.78 is 49.2. The van der Waals surface area contributed by atoms with Gasteiger partial charge in [0.2, 0.25) is 0 Å². The van der Waals surface area contributed by atoms with Gasteiger partial charge in [-0.15, -0.1) is 29.8 Å². The zero-order valence-corrected chi connectivity index (χ0v) is 27.0. The summed E-state index contributed by atoms with van der Waals surface area (Å²) in [5, 5.41) is 7.32. The Kier molecular flexibility index (Phi) is 21.6. The molecule has 0 atom stereocenters. The second-order valence-corrected chi connectivity index (χ2v) is 9.05. The first-order valence-corrected chi connectivity index (χ1v) is 12.1. The van der Waals surface area contributed by atoms with Gasteiger partial charge in [-0.05, 0) is 59.6 Å². The molecule has 0 amide bonds. The number of halogens is 4. The molecular formula is C29H42BF4IrN2O2. The Bertz CT molecular complexity index is 930. The van der Waals surface area contributed by atoms with E-state index in [2.05, 4.69) is 45.7 Å². The average molecular weight is 730 g/mol. The molecule has 0 bridgehead atoms. The number of aliphatic imine (C=N–C) groups is 1. The van der Waals surface area contributed by atoms with Crippen LogP contribution in [0.15, 0.2) is 47.5 Å². The van der Waals surface area contributed by atoms with E-state index >= 15 is 0 Å². The minimum atomic E-state index is -6.00. The van der Waals surface area contributed by atoms with Gasteiger partial charge in [0, 0.05) is 12.7 Å². The van der Waals surface area contributed by atoms with Crippen LogP contribution in [-0.2, 0) is 20.1 Å². The molecule has 0 saturated heterocycles. The molecule has 0 aliphatic heterocycles. The van der Waals surface area contributed by atoms with E-state index in [0.29, 0.717) is 0 Å². The summed E-state index contributed by atoms with van der Waals surface area (Å²) in [6.07, 6.45) is 0. The predicted octanol–water partition coefficient (Wildman–Crippen LogP) is 9.10. The molecule has 0 heterocycles. The minimum absolute atomic E-state index is 0. The van der Waals surface area contributed by atoms with E-state index in [1.54, 1.807) is 20.3 Å². The molecule has 0 unspecified atom stereocenters. The van der Waals surface area contributed by atoms with Crippen LogP contribution in [0, 0.1) is 54.4 Å². The van der Waals surface area contributed by atoms with Gasteiger partial charge in [-0.3, -0.25) is 0 Å². The van der Waals surface area contributed by atoms with Gasteiger partial charge in [0.15, 0.2) is 0 Å². The van der Waals surface area contributed by atoms with E-state index in [9.17, 15) is 17.3 Å². The van der Waals surface area contributed by atoms with E-state index < -0.39 is 7.25 Å². The average Bonchev–Trinajstić information content (AvgIpc) is 3.02. The molecule has 10 heteroatoms. The van der Waals surface area contributed by atoms with Crippen LogP contribution >= 0.6 is 0 Å². The minimum Gasteiger partial charge on any atom is -0.540 e. The number of nitrogens with zero attached hydrogens (tertiary/aromatic N) is 2. The Hall–Kier alpha value is -2.37. The molecule has 39 heavy (non-hydrogen) atoms. The molecule has 2 aromatic rings. The normalized spacial score (nSPS) is 21.4. The maximum absolute atomic E-state index is 9.75. The molecule has 0 aromatic heterocycles. The molecule has 1 aliphatic rings. The van der Waals surface area contributed by atoms with Crippen LogP contribution in [0.4, 0.5) is 23.0 Å². The molecular weight excluding hydrogens is 687 g/mol. The first-order valence-electron chi connectivity index (χ1n) is 12.1. The van der Waals surface area contributed by atoms with Crippen LogP contribution in [0.1, 0.15) is 54.0 Å². The van der Waals surface area contributed by atoms with Crippen molar-refractivity contribution >= 4 is 18.7 Å². The topological polar surface area (TPSA) is 54.6 Å². The Balaban J connectivity index is -0.000000546. The zero-order chi connectivity index (χ0) is 28.8. The van der Waals surface area contributed by atoms with Crippen molar-refractivity contribution in [3.8, 4) is 17.6 Å². The number of benzene rings is 2. The summed E-state index contributed by atoms with van der Waals surface area (Å²) in [5.74, 6) is 6.30. The van der Waals surface area contributed by atoms with Gasteiger partial charge in [-0.2, -0.15) is 5.26 Å². The van der Waals surface area contributed by atoms with Crippen molar-refractivity contribution in [2.45, 2.75) is 48.5 Å². The van der Waals surface area contributed by atoms with Crippen molar-refractivity contribution in [2.75, 3.05) is 14.2 Å². The molecule has 0 spiro atoms. The second-order valence-electron chi connectivity index (χ2n) is 9.05. The number of methoxy groups -OCH3 is 2. The van der Waals surface area contributed by atoms with Crippen molar-refractivity contribution in [1.82, 2.24) is 0 Å². The summed E-state index contributed by atoms with van der Waals surface area (Å²) in [5.41, 5.74) is 2.76. The van der Waals surface area contributed by atoms with Gasteiger partial charge < -0.3 is 39.2 Å². The predicted molar refractivity (Wildman–Crippen MR) is 150 cm³/mol. The Morgan fingerprint density at radius 2 is 1.15 bits per heavy atom. The van der Waals surface area contributed by atoms with Gasteiger partial charge in [-0.25, -0.2) is 0 Å². The largest absolute Gasteiger partial charge is 3.00 e. The number of hydrogen-bond donors (Lipinski definition) is 0. The van der Waals surface area contributed by atoms with Gasteiger partial charge in [0.05, 0.1) is 26.0 Å². The first kappa shape index (κ1) is 41.1. The van der Waals surface area contributed by atoms with E-state index in [-0.39, 0.29) is 27.5 Å². The van der Waals surface area contributed by atoms with Crippen LogP contribution in [0.3, 0.4) is 0 Å². The standard InChI is InChI=1S/C16H16NO2.C10H20.C2H3N.CH3.BF4.Ir/c1-12(13-4-8-15(18-2)9-5-13)17-14-6-10-16(19-3)11-7-14;1-6-7(2)9(4)10(5)8(6)3;1-2-3;;2-1(3,4)5;/h4,6-11H,1-3H3;6-10H,1-5H3;1H3;1H3;;/q-1;;;2*-1;+3. The molecule has 1 fully saturated rings. The van der Waals surface area contributed by atoms with Gasteiger partial charge in [0.25, 0.3) is 0 Å². The molecule has 0 N–H and O–H groups in total. The van der Waals surface area contributed by atoms with Crippen LogP contribution in [0.5, 0.6) is 11.5 Å². The number of ether oxygens (including phenoxy) is 2. The zero-order valence-electron chi connectivity index (χ0n) is 24.6. The van der Waals surface area contributed by atoms with Crippen molar-refractivity contribution in [2.24, 2.45) is 34.6 Å². The Morgan fingerprint density at radius 3 is 1.44 bits per heavy atom. The fourth-order valence-corrected chi connectivity index (χ4v) is 4.07. The molecule has 1 aliphatic carbocycles. The quantitative estimate of drug-likeness (QED) is 0.137. The van der Waals surface area contributed by atoms with Crippen LogP contribution in [0.25, 0.3) is 0 Å². The third kappa shape index (κ3) is 16.4. The molecule has 1 saturated carbocycles. The smallest absolute Gasteiger partial charge is 0.540 e. The van der Waals surface area contributed by atoms with Crippen molar-refractivity contribution in [3.63, 3.8) is 0 Å².